The molecule has 5 nitrogen and oxygen atoms in total. The second-order valence-corrected chi connectivity index (χ2v) is 3.97. The van der Waals surface area contributed by atoms with Gasteiger partial charge in [-0.05, 0) is 30.7 Å². The molecule has 0 bridgehead atoms. The van der Waals surface area contributed by atoms with Gasteiger partial charge in [-0.1, -0.05) is 6.07 Å². The van der Waals surface area contributed by atoms with Crippen LogP contribution in [0.15, 0.2) is 36.7 Å². The molecule has 1 heterocycles. The van der Waals surface area contributed by atoms with Crippen LogP contribution in [0, 0.1) is 6.92 Å². The second-order valence-electron chi connectivity index (χ2n) is 3.97. The summed E-state index contributed by atoms with van der Waals surface area (Å²) in [6.45, 7) is 1.94. The molecule has 2 aromatic rings. The van der Waals surface area contributed by atoms with Crippen molar-refractivity contribution in [2.75, 3.05) is 7.11 Å². The normalized spacial score (nSPS) is 10.0. The predicted molar refractivity (Wildman–Crippen MR) is 69.0 cm³/mol. The molecule has 2 rings (SSSR count). The van der Waals surface area contributed by atoms with Gasteiger partial charge in [0, 0.05) is 6.20 Å². The fourth-order valence-electron chi connectivity index (χ4n) is 1.58. The van der Waals surface area contributed by atoms with Gasteiger partial charge in [-0.2, -0.15) is 0 Å². The van der Waals surface area contributed by atoms with E-state index in [4.69, 9.17) is 14.6 Å². The van der Waals surface area contributed by atoms with Gasteiger partial charge in [-0.15, -0.1) is 0 Å². The summed E-state index contributed by atoms with van der Waals surface area (Å²) < 4.78 is 10.8. The van der Waals surface area contributed by atoms with Crippen LogP contribution >= 0.6 is 0 Å². The number of pyridine rings is 1. The number of carboxylic acids is 1. The summed E-state index contributed by atoms with van der Waals surface area (Å²) in [5.74, 6) is 0.397. The molecule has 0 amide bonds. The number of carbonyl (C=O) groups is 1. The Morgan fingerprint density at radius 1 is 1.21 bits per heavy atom. The average Bonchev–Trinajstić information content (AvgIpc) is 2.41. The smallest absolute Gasteiger partial charge is 0.337 e. The summed E-state index contributed by atoms with van der Waals surface area (Å²) in [5, 5.41) is 8.89. The van der Waals surface area contributed by atoms with E-state index in [9.17, 15) is 4.79 Å². The van der Waals surface area contributed by atoms with Crippen molar-refractivity contribution in [3.63, 3.8) is 0 Å². The zero-order valence-corrected chi connectivity index (χ0v) is 10.6. The van der Waals surface area contributed by atoms with Crippen LogP contribution in [0.2, 0.25) is 0 Å². The van der Waals surface area contributed by atoms with Gasteiger partial charge in [0.2, 0.25) is 0 Å². The lowest BCUT2D eigenvalue weighted by Crippen LogP contribution is -1.98. The molecule has 0 unspecified atom stereocenters. The van der Waals surface area contributed by atoms with Gasteiger partial charge in [0.05, 0.1) is 18.9 Å². The first-order chi connectivity index (χ1) is 9.10. The first-order valence-corrected chi connectivity index (χ1v) is 5.61. The number of rotatable bonds is 4. The molecule has 0 spiro atoms. The summed E-state index contributed by atoms with van der Waals surface area (Å²) in [7, 11) is 1.55. The minimum Gasteiger partial charge on any atom is -0.493 e. The number of nitrogens with zero attached hydrogens (tertiary/aromatic N) is 1. The monoisotopic (exact) mass is 259 g/mol. The molecule has 1 aromatic heterocycles. The summed E-state index contributed by atoms with van der Waals surface area (Å²) in [5.41, 5.74) is 1.12. The summed E-state index contributed by atoms with van der Waals surface area (Å²) in [6.07, 6.45) is 2.72. The van der Waals surface area contributed by atoms with Crippen molar-refractivity contribution in [2.45, 2.75) is 6.92 Å². The van der Waals surface area contributed by atoms with Crippen molar-refractivity contribution in [3.8, 4) is 17.2 Å². The van der Waals surface area contributed by atoms with Crippen molar-refractivity contribution in [1.29, 1.82) is 0 Å². The van der Waals surface area contributed by atoms with Crippen molar-refractivity contribution in [1.82, 2.24) is 4.98 Å². The van der Waals surface area contributed by atoms with Gasteiger partial charge in [0.25, 0.3) is 0 Å². The van der Waals surface area contributed by atoms with Gasteiger partial charge in [-0.25, -0.2) is 4.79 Å². The van der Waals surface area contributed by atoms with Crippen LogP contribution in [0.4, 0.5) is 0 Å². The van der Waals surface area contributed by atoms with Crippen molar-refractivity contribution < 1.29 is 19.4 Å². The molecular formula is C14H13NO4. The number of ether oxygens (including phenoxy) is 2. The van der Waals surface area contributed by atoms with Crippen LogP contribution in [0.5, 0.6) is 17.2 Å². The number of methoxy groups -OCH3 is 1. The Kier molecular flexibility index (Phi) is 3.66. The fourth-order valence-corrected chi connectivity index (χ4v) is 1.58. The van der Waals surface area contributed by atoms with E-state index >= 15 is 0 Å². The molecule has 1 aromatic carbocycles. The lowest BCUT2D eigenvalue weighted by atomic mass is 10.2. The third-order valence-electron chi connectivity index (χ3n) is 2.51. The van der Waals surface area contributed by atoms with Gasteiger partial charge in [-0.3, -0.25) is 4.98 Å². The number of hydrogen-bond donors (Lipinski definition) is 1. The Morgan fingerprint density at radius 2 is 2.00 bits per heavy atom. The molecule has 0 radical (unpaired) electrons. The van der Waals surface area contributed by atoms with E-state index in [1.54, 1.807) is 13.2 Å². The van der Waals surface area contributed by atoms with Crippen LogP contribution in [0.1, 0.15) is 15.9 Å². The van der Waals surface area contributed by atoms with Crippen LogP contribution < -0.4 is 9.47 Å². The van der Waals surface area contributed by atoms with Gasteiger partial charge in [0.1, 0.15) is 5.75 Å². The fraction of sp³-hybridized carbons (Fsp3) is 0.143. The summed E-state index contributed by atoms with van der Waals surface area (Å²) in [6, 6.07) is 6.90. The average molecular weight is 259 g/mol. The van der Waals surface area contributed by atoms with Crippen LogP contribution in [-0.2, 0) is 0 Å². The Hall–Kier alpha value is -2.56. The minimum atomic E-state index is -1.05. The molecule has 0 saturated carbocycles. The number of carboxylic acid groups (broad SMARTS) is 1. The summed E-state index contributed by atoms with van der Waals surface area (Å²) in [4.78, 5) is 14.7. The van der Waals surface area contributed by atoms with Gasteiger partial charge >= 0.3 is 5.97 Å². The third kappa shape index (κ3) is 3.01. The van der Waals surface area contributed by atoms with E-state index in [0.29, 0.717) is 17.2 Å². The third-order valence-corrected chi connectivity index (χ3v) is 2.51. The topological polar surface area (TPSA) is 68.7 Å². The molecule has 5 heteroatoms. The van der Waals surface area contributed by atoms with E-state index in [0.717, 1.165) is 5.56 Å². The van der Waals surface area contributed by atoms with Gasteiger partial charge < -0.3 is 14.6 Å². The highest BCUT2D eigenvalue weighted by Gasteiger charge is 2.09. The quantitative estimate of drug-likeness (QED) is 0.914. The van der Waals surface area contributed by atoms with E-state index in [2.05, 4.69) is 4.98 Å². The standard InChI is InChI=1S/C14H13NO4/c1-9-3-4-12(13(5-9)18-2)19-11-6-10(14(16)17)7-15-8-11/h3-8H,1-2H3,(H,16,17). The molecule has 1 N–H and O–H groups in total. The number of aryl methyl sites for hydroxylation is 1. The zero-order chi connectivity index (χ0) is 13.8. The van der Waals surface area contributed by atoms with Crippen molar-refractivity contribution in [3.05, 3.63) is 47.8 Å². The molecule has 98 valence electrons. The predicted octanol–water partition coefficient (Wildman–Crippen LogP) is 2.89. The molecule has 0 atom stereocenters. The number of aromatic carboxylic acids is 1. The molecule has 0 aliphatic rings. The molecule has 0 saturated heterocycles. The number of aromatic nitrogens is 1. The highest BCUT2D eigenvalue weighted by Crippen LogP contribution is 2.32. The van der Waals surface area contributed by atoms with Crippen LogP contribution in [0.25, 0.3) is 0 Å². The lowest BCUT2D eigenvalue weighted by Gasteiger charge is -2.10. The zero-order valence-electron chi connectivity index (χ0n) is 10.6. The lowest BCUT2D eigenvalue weighted by molar-refractivity contribution is 0.0696. The Labute approximate surface area is 110 Å². The van der Waals surface area contributed by atoms with E-state index < -0.39 is 5.97 Å². The first-order valence-electron chi connectivity index (χ1n) is 5.61. The van der Waals surface area contributed by atoms with E-state index in [1.807, 2.05) is 19.1 Å². The Bertz CT molecular complexity index is 610. The number of hydrogen-bond acceptors (Lipinski definition) is 4. The molecule has 19 heavy (non-hydrogen) atoms. The largest absolute Gasteiger partial charge is 0.493 e. The SMILES string of the molecule is COc1cc(C)ccc1Oc1cncc(C(=O)O)c1. The maximum Gasteiger partial charge on any atom is 0.337 e. The van der Waals surface area contributed by atoms with E-state index in [1.165, 1.54) is 18.5 Å². The summed E-state index contributed by atoms with van der Waals surface area (Å²) >= 11 is 0. The Morgan fingerprint density at radius 3 is 2.68 bits per heavy atom. The van der Waals surface area contributed by atoms with Gasteiger partial charge in [0.15, 0.2) is 11.5 Å². The highest BCUT2D eigenvalue weighted by molar-refractivity contribution is 5.87. The maximum absolute atomic E-state index is 10.9. The molecule has 0 aliphatic heterocycles. The molecule has 0 fully saturated rings. The number of benzene rings is 1. The van der Waals surface area contributed by atoms with E-state index in [-0.39, 0.29) is 5.56 Å². The van der Waals surface area contributed by atoms with Crippen LogP contribution in [0.3, 0.4) is 0 Å². The molecular weight excluding hydrogens is 246 g/mol. The van der Waals surface area contributed by atoms with Crippen LogP contribution in [-0.4, -0.2) is 23.2 Å². The van der Waals surface area contributed by atoms with Crippen molar-refractivity contribution >= 4 is 5.97 Å². The second kappa shape index (κ2) is 5.39. The minimum absolute atomic E-state index is 0.0728. The Balaban J connectivity index is 2.30. The van der Waals surface area contributed by atoms with Crippen molar-refractivity contribution in [2.24, 2.45) is 0 Å². The first kappa shape index (κ1) is 12.9. The maximum atomic E-state index is 10.9. The highest BCUT2D eigenvalue weighted by atomic mass is 16.5. The molecule has 0 aliphatic carbocycles.